The van der Waals surface area contributed by atoms with Crippen molar-refractivity contribution in [3.05, 3.63) is 188 Å². The van der Waals surface area contributed by atoms with E-state index in [-0.39, 0.29) is 0 Å². The minimum absolute atomic E-state index is 0.487. The van der Waals surface area contributed by atoms with E-state index in [2.05, 4.69) is 100 Å². The van der Waals surface area contributed by atoms with Crippen LogP contribution in [0, 0.1) is 11.3 Å². The zero-order chi connectivity index (χ0) is 39.0. The second kappa shape index (κ2) is 12.8. The molecule has 12 rings (SSSR count). The summed E-state index contributed by atoms with van der Waals surface area (Å²) >= 11 is 0. The Bertz CT molecular complexity index is 3610. The largest absolute Gasteiger partial charge is 0.455 e. The minimum atomic E-state index is 0.487. The van der Waals surface area contributed by atoms with Gasteiger partial charge >= 0.3 is 0 Å². The van der Waals surface area contributed by atoms with Crippen LogP contribution in [0.4, 0.5) is 0 Å². The highest BCUT2D eigenvalue weighted by atomic mass is 16.3. The summed E-state index contributed by atoms with van der Waals surface area (Å²) in [6.07, 6.45) is 0. The standard InChI is InChI=1S/C52H30N6O/c53-31-35-30-34(52-55-50(32-16-4-1-5-17-32)54-51(56-52)33-18-6-2-7-19-33)28-29-40(35)58-42-26-14-10-22-37(42)44-45-39-24-12-15-27-43(39)59-49(45)46-38-23-11-13-25-41(38)57(48(46)47(44)58)36-20-8-3-9-21-36/h1-30H. The fourth-order valence-electron chi connectivity index (χ4n) is 8.87. The number of nitriles is 1. The van der Waals surface area contributed by atoms with Crippen molar-refractivity contribution in [3.8, 4) is 51.6 Å². The molecule has 0 N–H and O–H groups in total. The van der Waals surface area contributed by atoms with Crippen molar-refractivity contribution in [2.75, 3.05) is 0 Å². The smallest absolute Gasteiger partial charge is 0.164 e. The lowest BCUT2D eigenvalue weighted by Gasteiger charge is -2.15. The molecule has 0 aliphatic rings. The van der Waals surface area contributed by atoms with E-state index in [4.69, 9.17) is 19.4 Å². The number of fused-ring (bicyclic) bond motifs is 12. The van der Waals surface area contributed by atoms with E-state index in [9.17, 15) is 5.26 Å². The molecule has 12 aromatic rings. The van der Waals surface area contributed by atoms with Crippen LogP contribution in [-0.2, 0) is 0 Å². The molecular formula is C52H30N6O. The van der Waals surface area contributed by atoms with Crippen LogP contribution in [0.25, 0.3) is 111 Å². The topological polar surface area (TPSA) is 85.5 Å². The maximum atomic E-state index is 11.1. The van der Waals surface area contributed by atoms with Crippen molar-refractivity contribution in [3.63, 3.8) is 0 Å². The Balaban J connectivity index is 1.21. The monoisotopic (exact) mass is 754 g/mol. The summed E-state index contributed by atoms with van der Waals surface area (Å²) in [6, 6.07) is 64.1. The zero-order valence-electron chi connectivity index (χ0n) is 31.4. The molecule has 0 fully saturated rings. The number of para-hydroxylation sites is 4. The normalized spacial score (nSPS) is 11.7. The third-order valence-electron chi connectivity index (χ3n) is 11.4. The summed E-state index contributed by atoms with van der Waals surface area (Å²) in [5.74, 6) is 1.61. The average molecular weight is 755 g/mol. The molecule has 0 aliphatic heterocycles. The second-order valence-corrected chi connectivity index (χ2v) is 14.7. The van der Waals surface area contributed by atoms with Gasteiger partial charge in [-0.1, -0.05) is 133 Å². The first-order chi connectivity index (χ1) is 29.2. The first-order valence-electron chi connectivity index (χ1n) is 19.5. The molecule has 4 heterocycles. The van der Waals surface area contributed by atoms with Gasteiger partial charge in [0.2, 0.25) is 0 Å². The molecule has 0 saturated heterocycles. The van der Waals surface area contributed by atoms with E-state index in [0.717, 1.165) is 93.6 Å². The number of hydrogen-bond acceptors (Lipinski definition) is 5. The molecule has 8 aromatic carbocycles. The van der Waals surface area contributed by atoms with Crippen molar-refractivity contribution in [2.45, 2.75) is 0 Å². The lowest BCUT2D eigenvalue weighted by Crippen LogP contribution is -2.03. The van der Waals surface area contributed by atoms with Crippen LogP contribution in [-0.4, -0.2) is 24.1 Å². The predicted molar refractivity (Wildman–Crippen MR) is 237 cm³/mol. The molecular weight excluding hydrogens is 725 g/mol. The van der Waals surface area contributed by atoms with Crippen LogP contribution < -0.4 is 0 Å². The maximum absolute atomic E-state index is 11.1. The van der Waals surface area contributed by atoms with Gasteiger partial charge in [0.1, 0.15) is 17.2 Å². The van der Waals surface area contributed by atoms with Crippen LogP contribution in [0.15, 0.2) is 186 Å². The van der Waals surface area contributed by atoms with Crippen molar-refractivity contribution in [1.29, 1.82) is 5.26 Å². The number of nitrogens with zero attached hydrogens (tertiary/aromatic N) is 6. The Morgan fingerprint density at radius 2 is 0.949 bits per heavy atom. The van der Waals surface area contributed by atoms with E-state index in [1.807, 2.05) is 97.1 Å². The lowest BCUT2D eigenvalue weighted by atomic mass is 10.0. The van der Waals surface area contributed by atoms with Gasteiger partial charge in [0.05, 0.1) is 38.7 Å². The number of aromatic nitrogens is 5. The maximum Gasteiger partial charge on any atom is 0.164 e. The summed E-state index contributed by atoms with van der Waals surface area (Å²) < 4.78 is 11.5. The van der Waals surface area contributed by atoms with E-state index in [1.165, 1.54) is 0 Å². The Morgan fingerprint density at radius 3 is 1.59 bits per heavy atom. The third kappa shape index (κ3) is 4.90. The Kier molecular flexibility index (Phi) is 7.16. The molecule has 7 heteroatoms. The van der Waals surface area contributed by atoms with Gasteiger partial charge in [-0.15, -0.1) is 0 Å². The quantitative estimate of drug-likeness (QED) is 0.175. The van der Waals surface area contributed by atoms with E-state index < -0.39 is 0 Å². The van der Waals surface area contributed by atoms with Crippen molar-refractivity contribution >= 4 is 65.6 Å². The van der Waals surface area contributed by atoms with Crippen molar-refractivity contribution in [2.24, 2.45) is 0 Å². The van der Waals surface area contributed by atoms with Crippen LogP contribution in [0.5, 0.6) is 0 Å². The fourth-order valence-corrected chi connectivity index (χ4v) is 8.87. The van der Waals surface area contributed by atoms with E-state index in [0.29, 0.717) is 23.0 Å². The molecule has 0 spiro atoms. The summed E-state index contributed by atoms with van der Waals surface area (Å²) in [4.78, 5) is 14.9. The van der Waals surface area contributed by atoms with Crippen molar-refractivity contribution < 1.29 is 4.42 Å². The Hall–Kier alpha value is -8.34. The van der Waals surface area contributed by atoms with E-state index >= 15 is 0 Å². The SMILES string of the molecule is N#Cc1cc(-c2nc(-c3ccccc3)nc(-c3ccccc3)n2)ccc1-n1c2ccccc2c2c3c4ccccc4oc3c3c4ccccc4n(-c4ccccc4)c3c21. The van der Waals surface area contributed by atoms with Crippen LogP contribution in [0.3, 0.4) is 0 Å². The highest BCUT2D eigenvalue weighted by Gasteiger charge is 2.28. The van der Waals surface area contributed by atoms with Gasteiger partial charge in [-0.25, -0.2) is 15.0 Å². The van der Waals surface area contributed by atoms with Gasteiger partial charge in [0.25, 0.3) is 0 Å². The van der Waals surface area contributed by atoms with Gasteiger partial charge in [-0.05, 0) is 48.5 Å². The average Bonchev–Trinajstić information content (AvgIpc) is 3.97. The highest BCUT2D eigenvalue weighted by molar-refractivity contribution is 6.39. The summed E-state index contributed by atoms with van der Waals surface area (Å²) in [6.45, 7) is 0. The van der Waals surface area contributed by atoms with Crippen molar-refractivity contribution in [1.82, 2.24) is 24.1 Å². The molecule has 0 saturated carbocycles. The molecule has 59 heavy (non-hydrogen) atoms. The van der Waals surface area contributed by atoms with Gasteiger partial charge < -0.3 is 13.6 Å². The Labute approximate surface area is 337 Å². The second-order valence-electron chi connectivity index (χ2n) is 14.7. The highest BCUT2D eigenvalue weighted by Crippen LogP contribution is 2.49. The van der Waals surface area contributed by atoms with Gasteiger partial charge in [-0.2, -0.15) is 5.26 Å². The summed E-state index contributed by atoms with van der Waals surface area (Å²) in [7, 11) is 0. The summed E-state index contributed by atoms with van der Waals surface area (Å²) in [5.41, 5.74) is 10.5. The van der Waals surface area contributed by atoms with Crippen LogP contribution in [0.1, 0.15) is 5.56 Å². The molecule has 4 aromatic heterocycles. The number of furan rings is 1. The third-order valence-corrected chi connectivity index (χ3v) is 11.4. The molecule has 274 valence electrons. The van der Waals surface area contributed by atoms with Crippen LogP contribution >= 0.6 is 0 Å². The summed E-state index contributed by atoms with van der Waals surface area (Å²) in [5, 5.41) is 17.4. The van der Waals surface area contributed by atoms with Crippen LogP contribution in [0.2, 0.25) is 0 Å². The molecule has 7 nitrogen and oxygen atoms in total. The molecule has 0 bridgehead atoms. The van der Waals surface area contributed by atoms with Gasteiger partial charge in [0, 0.05) is 49.3 Å². The number of hydrogen-bond donors (Lipinski definition) is 0. The number of benzene rings is 8. The molecule has 0 amide bonds. The van der Waals surface area contributed by atoms with E-state index in [1.54, 1.807) is 0 Å². The van der Waals surface area contributed by atoms with Gasteiger partial charge in [0.15, 0.2) is 17.5 Å². The number of rotatable bonds is 5. The molecule has 0 atom stereocenters. The molecule has 0 aliphatic carbocycles. The Morgan fingerprint density at radius 1 is 0.441 bits per heavy atom. The zero-order valence-corrected chi connectivity index (χ0v) is 31.4. The first kappa shape index (κ1) is 32.9. The fraction of sp³-hybridized carbons (Fsp3) is 0. The molecule has 0 radical (unpaired) electrons. The lowest BCUT2D eigenvalue weighted by molar-refractivity contribution is 0.673. The predicted octanol–water partition coefficient (Wildman–Crippen LogP) is 12.8. The first-order valence-corrected chi connectivity index (χ1v) is 19.5. The van der Waals surface area contributed by atoms with Gasteiger partial charge in [-0.3, -0.25) is 0 Å². The molecule has 0 unspecified atom stereocenters. The minimum Gasteiger partial charge on any atom is -0.455 e.